The second kappa shape index (κ2) is 7.80. The third-order valence-electron chi connectivity index (χ3n) is 2.06. The molecule has 0 spiro atoms. The summed E-state index contributed by atoms with van der Waals surface area (Å²) < 4.78 is 0. The molecule has 0 aromatic heterocycles. The molecular formula is C13H18O2. The maximum Gasteiger partial charge on any atom is 0.331 e. The Bertz CT molecular complexity index is 273. The number of aliphatic carboxylic acids is 1. The van der Waals surface area contributed by atoms with Crippen LogP contribution in [0, 0.1) is 0 Å². The Balaban J connectivity index is 4.92. The summed E-state index contributed by atoms with van der Waals surface area (Å²) >= 11 is 0. The molecule has 1 N–H and O–H groups in total. The average Bonchev–Trinajstić information content (AvgIpc) is 2.18. The van der Waals surface area contributed by atoms with Crippen LogP contribution < -0.4 is 0 Å². The molecule has 0 saturated carbocycles. The lowest BCUT2D eigenvalue weighted by molar-refractivity contribution is -0.132. The molecule has 0 saturated heterocycles. The van der Waals surface area contributed by atoms with Crippen molar-refractivity contribution in [3.8, 4) is 0 Å². The first-order chi connectivity index (χ1) is 7.17. The largest absolute Gasteiger partial charge is 0.478 e. The van der Waals surface area contributed by atoms with E-state index in [-0.39, 0.29) is 0 Å². The predicted octanol–water partition coefficient (Wildman–Crippen LogP) is 3.49. The molecule has 0 aliphatic carbocycles. The zero-order chi connectivity index (χ0) is 11.7. The van der Waals surface area contributed by atoms with E-state index in [1.807, 2.05) is 0 Å². The van der Waals surface area contributed by atoms with Crippen molar-refractivity contribution in [2.75, 3.05) is 0 Å². The number of hydrogen-bond acceptors (Lipinski definition) is 1. The van der Waals surface area contributed by atoms with Crippen LogP contribution in [0.15, 0.2) is 49.1 Å². The fourth-order valence-corrected chi connectivity index (χ4v) is 1.36. The molecule has 0 atom stereocenters. The van der Waals surface area contributed by atoms with Gasteiger partial charge >= 0.3 is 5.97 Å². The monoisotopic (exact) mass is 206 g/mol. The third-order valence-corrected chi connectivity index (χ3v) is 2.06. The predicted molar refractivity (Wildman–Crippen MR) is 63.7 cm³/mol. The van der Waals surface area contributed by atoms with Crippen LogP contribution in [0.5, 0.6) is 0 Å². The minimum Gasteiger partial charge on any atom is -0.478 e. The molecular weight excluding hydrogens is 188 g/mol. The Morgan fingerprint density at radius 2 is 1.60 bits per heavy atom. The second-order valence-corrected chi connectivity index (χ2v) is 3.20. The zero-order valence-corrected chi connectivity index (χ0v) is 9.04. The van der Waals surface area contributed by atoms with E-state index in [1.54, 1.807) is 18.2 Å². The molecule has 2 nitrogen and oxygen atoms in total. The van der Waals surface area contributed by atoms with Crippen molar-refractivity contribution < 1.29 is 9.90 Å². The van der Waals surface area contributed by atoms with Crippen LogP contribution in [0.3, 0.4) is 0 Å². The number of hydrogen-bond donors (Lipinski definition) is 1. The summed E-state index contributed by atoms with van der Waals surface area (Å²) in [6.45, 7) is 10.8. The van der Waals surface area contributed by atoms with Gasteiger partial charge in [0, 0.05) is 5.57 Å². The molecule has 0 radical (unpaired) electrons. The Kier molecular flexibility index (Phi) is 6.98. The van der Waals surface area contributed by atoms with Crippen molar-refractivity contribution in [3.63, 3.8) is 0 Å². The van der Waals surface area contributed by atoms with Gasteiger partial charge < -0.3 is 5.11 Å². The Morgan fingerprint density at radius 1 is 1.07 bits per heavy atom. The summed E-state index contributed by atoms with van der Waals surface area (Å²) in [4.78, 5) is 11.0. The SMILES string of the molecule is C=CCCC(C(=O)O)=C(CC=C)CC=C. The minimum absolute atomic E-state index is 0.467. The molecule has 0 aromatic carbocycles. The first-order valence-electron chi connectivity index (χ1n) is 4.94. The standard InChI is InChI=1S/C13H18O2/c1-4-7-10-12(13(14)15)11(8-5-2)9-6-3/h4-6H,1-3,7-10H2,(H,14,15). The molecule has 2 heteroatoms. The molecule has 82 valence electrons. The maximum atomic E-state index is 11.0. The zero-order valence-electron chi connectivity index (χ0n) is 9.04. The van der Waals surface area contributed by atoms with Crippen molar-refractivity contribution in [3.05, 3.63) is 49.1 Å². The Labute approximate surface area is 91.3 Å². The number of carbonyl (C=O) groups is 1. The summed E-state index contributed by atoms with van der Waals surface area (Å²) in [6.07, 6.45) is 7.57. The van der Waals surface area contributed by atoms with Gasteiger partial charge in [0.15, 0.2) is 0 Å². The summed E-state index contributed by atoms with van der Waals surface area (Å²) in [6, 6.07) is 0. The van der Waals surface area contributed by atoms with E-state index in [0.717, 1.165) is 5.57 Å². The van der Waals surface area contributed by atoms with E-state index in [2.05, 4.69) is 19.7 Å². The van der Waals surface area contributed by atoms with Crippen LogP contribution in [0.2, 0.25) is 0 Å². The van der Waals surface area contributed by atoms with Crippen molar-refractivity contribution in [2.45, 2.75) is 25.7 Å². The van der Waals surface area contributed by atoms with E-state index in [9.17, 15) is 4.79 Å². The molecule has 0 bridgehead atoms. The number of rotatable bonds is 8. The highest BCUT2D eigenvalue weighted by Crippen LogP contribution is 2.19. The van der Waals surface area contributed by atoms with Gasteiger partial charge in [-0.05, 0) is 25.7 Å². The fraction of sp³-hybridized carbons (Fsp3) is 0.308. The highest BCUT2D eigenvalue weighted by molar-refractivity contribution is 5.87. The van der Waals surface area contributed by atoms with Gasteiger partial charge in [0.1, 0.15) is 0 Å². The molecule has 0 aliphatic heterocycles. The van der Waals surface area contributed by atoms with Crippen LogP contribution in [0.4, 0.5) is 0 Å². The van der Waals surface area contributed by atoms with Gasteiger partial charge in [-0.3, -0.25) is 0 Å². The molecule has 0 amide bonds. The number of carboxylic acid groups (broad SMARTS) is 1. The van der Waals surface area contributed by atoms with Gasteiger partial charge in [0.25, 0.3) is 0 Å². The lowest BCUT2D eigenvalue weighted by Gasteiger charge is -2.08. The van der Waals surface area contributed by atoms with E-state index in [1.165, 1.54) is 0 Å². The molecule has 0 rings (SSSR count). The summed E-state index contributed by atoms with van der Waals surface area (Å²) in [7, 11) is 0. The maximum absolute atomic E-state index is 11.0. The van der Waals surface area contributed by atoms with Gasteiger partial charge in [-0.1, -0.05) is 23.8 Å². The number of carboxylic acids is 1. The molecule has 0 aliphatic rings. The summed E-state index contributed by atoms with van der Waals surface area (Å²) in [5.74, 6) is -0.851. The van der Waals surface area contributed by atoms with Gasteiger partial charge in [0.2, 0.25) is 0 Å². The molecule has 0 heterocycles. The normalized spacial score (nSPS) is 9.07. The van der Waals surface area contributed by atoms with Crippen LogP contribution in [-0.2, 0) is 4.79 Å². The lowest BCUT2D eigenvalue weighted by atomic mass is 9.98. The van der Waals surface area contributed by atoms with Crippen molar-refractivity contribution in [1.82, 2.24) is 0 Å². The van der Waals surface area contributed by atoms with E-state index in [4.69, 9.17) is 5.11 Å². The van der Waals surface area contributed by atoms with Crippen LogP contribution >= 0.6 is 0 Å². The number of allylic oxidation sites excluding steroid dienone is 4. The summed E-state index contributed by atoms with van der Waals surface area (Å²) in [5, 5.41) is 9.06. The average molecular weight is 206 g/mol. The quantitative estimate of drug-likeness (QED) is 0.487. The third kappa shape index (κ3) is 5.01. The van der Waals surface area contributed by atoms with E-state index < -0.39 is 5.97 Å². The molecule has 0 fully saturated rings. The van der Waals surface area contributed by atoms with Gasteiger partial charge in [-0.2, -0.15) is 0 Å². The Hall–Kier alpha value is -1.57. The van der Waals surface area contributed by atoms with Crippen LogP contribution in [-0.4, -0.2) is 11.1 Å². The highest BCUT2D eigenvalue weighted by atomic mass is 16.4. The Morgan fingerprint density at radius 3 is 1.93 bits per heavy atom. The topological polar surface area (TPSA) is 37.3 Å². The highest BCUT2D eigenvalue weighted by Gasteiger charge is 2.11. The van der Waals surface area contributed by atoms with E-state index in [0.29, 0.717) is 31.3 Å². The van der Waals surface area contributed by atoms with E-state index >= 15 is 0 Å². The molecule has 0 aromatic rings. The van der Waals surface area contributed by atoms with Crippen LogP contribution in [0.25, 0.3) is 0 Å². The minimum atomic E-state index is -0.851. The molecule has 0 unspecified atom stereocenters. The van der Waals surface area contributed by atoms with Crippen molar-refractivity contribution in [2.24, 2.45) is 0 Å². The first-order valence-corrected chi connectivity index (χ1v) is 4.94. The van der Waals surface area contributed by atoms with Crippen LogP contribution in [0.1, 0.15) is 25.7 Å². The van der Waals surface area contributed by atoms with Crippen molar-refractivity contribution in [1.29, 1.82) is 0 Å². The summed E-state index contributed by atoms with van der Waals surface area (Å²) in [5.41, 5.74) is 1.35. The first kappa shape index (κ1) is 13.4. The van der Waals surface area contributed by atoms with Crippen molar-refractivity contribution >= 4 is 5.97 Å². The smallest absolute Gasteiger partial charge is 0.331 e. The second-order valence-electron chi connectivity index (χ2n) is 3.20. The lowest BCUT2D eigenvalue weighted by Crippen LogP contribution is -2.04. The van der Waals surface area contributed by atoms with Gasteiger partial charge in [-0.25, -0.2) is 4.79 Å². The van der Waals surface area contributed by atoms with Gasteiger partial charge in [-0.15, -0.1) is 19.7 Å². The molecule has 15 heavy (non-hydrogen) atoms. The van der Waals surface area contributed by atoms with Gasteiger partial charge in [0.05, 0.1) is 0 Å². The fourth-order valence-electron chi connectivity index (χ4n) is 1.36.